The molecule has 1 atom stereocenters. The van der Waals surface area contributed by atoms with Crippen LogP contribution < -0.4 is 14.8 Å². The third kappa shape index (κ3) is 5.53. The first-order valence-corrected chi connectivity index (χ1v) is 8.96. The fraction of sp³-hybridized carbons (Fsp3) is 0.632. The molecular weight excluding hydrogens is 316 g/mol. The number of likely N-dealkylation sites (tertiary alicyclic amines) is 1. The minimum atomic E-state index is 0.655. The summed E-state index contributed by atoms with van der Waals surface area (Å²) in [6.07, 6.45) is 1.23. The molecule has 2 rings (SSSR count). The first-order valence-electron chi connectivity index (χ1n) is 8.96. The van der Waals surface area contributed by atoms with Crippen LogP contribution in [0.2, 0.25) is 0 Å². The molecule has 25 heavy (non-hydrogen) atoms. The molecule has 0 saturated carbocycles. The van der Waals surface area contributed by atoms with Gasteiger partial charge in [0.25, 0.3) is 0 Å². The lowest BCUT2D eigenvalue weighted by Crippen LogP contribution is -2.39. The predicted octanol–water partition coefficient (Wildman–Crippen LogP) is 2.05. The number of hydrogen-bond acceptors (Lipinski definition) is 4. The maximum Gasteiger partial charge on any atom is 0.193 e. The summed E-state index contributed by atoms with van der Waals surface area (Å²) in [5, 5.41) is 3.39. The van der Waals surface area contributed by atoms with E-state index < -0.39 is 0 Å². The number of benzene rings is 1. The normalized spacial score (nSPS) is 18.3. The van der Waals surface area contributed by atoms with Crippen LogP contribution in [-0.2, 0) is 6.54 Å². The summed E-state index contributed by atoms with van der Waals surface area (Å²) < 4.78 is 10.8. The number of guanidine groups is 1. The van der Waals surface area contributed by atoms with Gasteiger partial charge in [0.15, 0.2) is 5.96 Å². The maximum absolute atomic E-state index is 5.51. The van der Waals surface area contributed by atoms with E-state index in [1.54, 1.807) is 14.2 Å². The molecular formula is C19H32N4O2. The Morgan fingerprint density at radius 2 is 2.16 bits per heavy atom. The van der Waals surface area contributed by atoms with Crippen molar-refractivity contribution in [1.29, 1.82) is 0 Å². The zero-order valence-corrected chi connectivity index (χ0v) is 16.2. The molecule has 1 aromatic rings. The summed E-state index contributed by atoms with van der Waals surface area (Å²) in [6.45, 7) is 6.86. The van der Waals surface area contributed by atoms with Gasteiger partial charge in [-0.2, -0.15) is 0 Å². The van der Waals surface area contributed by atoms with Crippen molar-refractivity contribution in [2.45, 2.75) is 19.9 Å². The number of ether oxygens (including phenoxy) is 2. The minimum Gasteiger partial charge on any atom is -0.497 e. The molecule has 1 aliphatic heterocycles. The molecule has 0 bridgehead atoms. The molecule has 0 radical (unpaired) electrons. The van der Waals surface area contributed by atoms with Crippen molar-refractivity contribution < 1.29 is 9.47 Å². The number of aliphatic imine (C=N–C) groups is 1. The van der Waals surface area contributed by atoms with Crippen molar-refractivity contribution in [3.63, 3.8) is 0 Å². The van der Waals surface area contributed by atoms with Crippen LogP contribution in [0.5, 0.6) is 11.5 Å². The zero-order valence-electron chi connectivity index (χ0n) is 16.2. The largest absolute Gasteiger partial charge is 0.497 e. The summed E-state index contributed by atoms with van der Waals surface area (Å²) in [6, 6.07) is 5.93. The fourth-order valence-corrected chi connectivity index (χ4v) is 3.17. The van der Waals surface area contributed by atoms with E-state index in [1.165, 1.54) is 13.0 Å². The smallest absolute Gasteiger partial charge is 0.193 e. The summed E-state index contributed by atoms with van der Waals surface area (Å²) in [5.74, 6) is 3.23. The fourth-order valence-electron chi connectivity index (χ4n) is 3.17. The molecule has 1 aromatic carbocycles. The van der Waals surface area contributed by atoms with Gasteiger partial charge in [0.1, 0.15) is 11.5 Å². The van der Waals surface area contributed by atoms with E-state index in [-0.39, 0.29) is 0 Å². The van der Waals surface area contributed by atoms with Gasteiger partial charge in [0, 0.05) is 44.9 Å². The zero-order chi connectivity index (χ0) is 18.2. The number of nitrogens with one attached hydrogen (secondary N) is 1. The van der Waals surface area contributed by atoms with Gasteiger partial charge in [-0.15, -0.1) is 0 Å². The highest BCUT2D eigenvalue weighted by atomic mass is 16.5. The van der Waals surface area contributed by atoms with Crippen LogP contribution in [0.3, 0.4) is 0 Å². The van der Waals surface area contributed by atoms with E-state index in [4.69, 9.17) is 14.5 Å². The summed E-state index contributed by atoms with van der Waals surface area (Å²) in [4.78, 5) is 9.37. The highest BCUT2D eigenvalue weighted by Gasteiger charge is 2.19. The van der Waals surface area contributed by atoms with Crippen LogP contribution in [0.25, 0.3) is 0 Å². The van der Waals surface area contributed by atoms with Crippen LogP contribution in [0, 0.1) is 5.92 Å². The Hall–Kier alpha value is -1.95. The van der Waals surface area contributed by atoms with Gasteiger partial charge in [-0.3, -0.25) is 4.99 Å². The van der Waals surface area contributed by atoms with Crippen LogP contribution in [0.1, 0.15) is 18.9 Å². The van der Waals surface area contributed by atoms with Gasteiger partial charge in [-0.25, -0.2) is 0 Å². The molecule has 1 fully saturated rings. The Bertz CT molecular complexity index is 577. The molecule has 6 nitrogen and oxygen atoms in total. The Morgan fingerprint density at radius 1 is 1.36 bits per heavy atom. The van der Waals surface area contributed by atoms with Crippen molar-refractivity contribution in [3.05, 3.63) is 23.8 Å². The third-order valence-corrected chi connectivity index (χ3v) is 4.59. The standard InChI is InChI=1S/C19H32N4O2/c1-6-20-19(21-12-15-9-10-22(2)13-15)23(3)14-16-7-8-17(24-4)11-18(16)25-5/h7-8,11,15H,6,9-10,12-14H2,1-5H3,(H,20,21). The number of methoxy groups -OCH3 is 2. The van der Waals surface area contributed by atoms with E-state index in [2.05, 4.69) is 36.1 Å². The van der Waals surface area contributed by atoms with Crippen molar-refractivity contribution in [2.75, 3.05) is 54.5 Å². The molecule has 1 aliphatic rings. The number of hydrogen-bond donors (Lipinski definition) is 1. The van der Waals surface area contributed by atoms with Gasteiger partial charge in [0.2, 0.25) is 0 Å². The average molecular weight is 348 g/mol. The van der Waals surface area contributed by atoms with E-state index in [0.29, 0.717) is 5.92 Å². The van der Waals surface area contributed by atoms with Crippen molar-refractivity contribution in [2.24, 2.45) is 10.9 Å². The van der Waals surface area contributed by atoms with E-state index >= 15 is 0 Å². The lowest BCUT2D eigenvalue weighted by Gasteiger charge is -2.23. The Kier molecular flexibility index (Phi) is 7.37. The van der Waals surface area contributed by atoms with Gasteiger partial charge >= 0.3 is 0 Å². The lowest BCUT2D eigenvalue weighted by molar-refractivity contribution is 0.382. The third-order valence-electron chi connectivity index (χ3n) is 4.59. The quantitative estimate of drug-likeness (QED) is 0.604. The van der Waals surface area contributed by atoms with Crippen LogP contribution in [0.15, 0.2) is 23.2 Å². The molecule has 0 amide bonds. The second-order valence-electron chi connectivity index (χ2n) is 6.65. The van der Waals surface area contributed by atoms with Gasteiger partial charge in [-0.05, 0) is 45.0 Å². The second-order valence-corrected chi connectivity index (χ2v) is 6.65. The molecule has 1 N–H and O–H groups in total. The molecule has 1 unspecified atom stereocenters. The maximum atomic E-state index is 5.51. The van der Waals surface area contributed by atoms with Crippen molar-refractivity contribution in [1.82, 2.24) is 15.1 Å². The predicted molar refractivity (Wildman–Crippen MR) is 103 cm³/mol. The van der Waals surface area contributed by atoms with Crippen LogP contribution >= 0.6 is 0 Å². The molecule has 0 aliphatic carbocycles. The summed E-state index contributed by atoms with van der Waals surface area (Å²) >= 11 is 0. The number of rotatable bonds is 7. The highest BCUT2D eigenvalue weighted by Crippen LogP contribution is 2.25. The van der Waals surface area contributed by atoms with E-state index in [1.807, 2.05) is 18.2 Å². The Morgan fingerprint density at radius 3 is 2.76 bits per heavy atom. The second kappa shape index (κ2) is 9.51. The molecule has 1 saturated heterocycles. The minimum absolute atomic E-state index is 0.655. The van der Waals surface area contributed by atoms with Gasteiger partial charge in [0.05, 0.1) is 14.2 Å². The first kappa shape index (κ1) is 19.4. The summed E-state index contributed by atoms with van der Waals surface area (Å²) in [7, 11) is 7.59. The van der Waals surface area contributed by atoms with E-state index in [9.17, 15) is 0 Å². The SMILES string of the molecule is CCNC(=NCC1CCN(C)C1)N(C)Cc1ccc(OC)cc1OC. The van der Waals surface area contributed by atoms with E-state index in [0.717, 1.165) is 49.2 Å². The monoisotopic (exact) mass is 348 g/mol. The molecule has 6 heteroatoms. The highest BCUT2D eigenvalue weighted by molar-refractivity contribution is 5.79. The van der Waals surface area contributed by atoms with Crippen LogP contribution in [-0.4, -0.2) is 70.3 Å². The summed E-state index contributed by atoms with van der Waals surface area (Å²) in [5.41, 5.74) is 1.11. The average Bonchev–Trinajstić information content (AvgIpc) is 3.04. The topological polar surface area (TPSA) is 49.3 Å². The molecule has 0 spiro atoms. The van der Waals surface area contributed by atoms with Crippen LogP contribution in [0.4, 0.5) is 0 Å². The van der Waals surface area contributed by atoms with Gasteiger partial charge < -0.3 is 24.6 Å². The Balaban J connectivity index is 2.05. The van der Waals surface area contributed by atoms with Crippen molar-refractivity contribution >= 4 is 5.96 Å². The number of nitrogens with zero attached hydrogens (tertiary/aromatic N) is 3. The van der Waals surface area contributed by atoms with Gasteiger partial charge in [-0.1, -0.05) is 0 Å². The van der Waals surface area contributed by atoms with Crippen molar-refractivity contribution in [3.8, 4) is 11.5 Å². The molecule has 140 valence electrons. The molecule has 1 heterocycles. The molecule has 0 aromatic heterocycles. The first-order chi connectivity index (χ1) is 12.1. The Labute approximate surface area is 151 Å². The lowest BCUT2D eigenvalue weighted by atomic mass is 10.1.